The molecule has 129 heavy (non-hydrogen) atoms. The summed E-state index contributed by atoms with van der Waals surface area (Å²) in [5.41, 5.74) is 11.1. The number of ketones is 3. The number of benzene rings is 9. The van der Waals surface area contributed by atoms with E-state index in [0.29, 0.717) is 165 Å². The Labute approximate surface area is 740 Å². The first-order chi connectivity index (χ1) is 62.5. The van der Waals surface area contributed by atoms with Crippen LogP contribution in [-0.2, 0) is 28.6 Å². The summed E-state index contributed by atoms with van der Waals surface area (Å²) in [6.45, 7) is 25.3. The number of aromatic nitrogens is 3. The molecule has 1 atom stereocenters. The second-order valence-electron chi connectivity index (χ2n) is 29.8. The van der Waals surface area contributed by atoms with Crippen LogP contribution in [-0.4, -0.2) is 183 Å². The van der Waals surface area contributed by atoms with Crippen LogP contribution in [0.1, 0.15) is 137 Å². The van der Waals surface area contributed by atoms with E-state index in [4.69, 9.17) is 27.4 Å². The third-order valence-corrected chi connectivity index (χ3v) is 21.6. The highest BCUT2D eigenvalue weighted by Gasteiger charge is 2.36. The highest BCUT2D eigenvalue weighted by Crippen LogP contribution is 2.35. The number of urea groups is 3. The number of nitrogens with one attached hydrogen (secondary N) is 9. The summed E-state index contributed by atoms with van der Waals surface area (Å²) in [6, 6.07) is 60.1. The van der Waals surface area contributed by atoms with Crippen LogP contribution in [0.25, 0.3) is 53.8 Å². The number of likely N-dealkylation sites (tertiary alicyclic amines) is 2. The lowest BCUT2D eigenvalue weighted by Crippen LogP contribution is -2.56. The molecule has 3 aromatic heterocycles. The minimum absolute atomic E-state index is 0.111. The van der Waals surface area contributed by atoms with Gasteiger partial charge in [-0.2, -0.15) is 0 Å². The van der Waals surface area contributed by atoms with Gasteiger partial charge in [-0.05, 0) is 162 Å². The first kappa shape index (κ1) is 89.9. The molecule has 0 saturated carbocycles. The number of rotatable bonds is 21. The number of hydrogen-bond donors (Lipinski definition) is 9. The SMILES string of the molecule is CCOC(=O)c1ccc(NC(=O)Nc2cccc3c(C(=O)C(=O)N4CCN(C(=O)c5ccccc5)C[C@H]4C)c[nH]c23)cc1.[C-]#[N+]C(=C1CCN(C(=O)C(=O)c2c[nH]c3c(NC(=O)Nc4ccc(C(=O)OCC)cc4)cccc23)CC1)c1ccccc1.[C-]#[N+]C(=C1CCN(C(=O)C(=O)c2c[nH]c3c(NC(=O)Nc4cccc(C(=O)OCC)c4)cccc23)CC1)c1ccccc1. The third-order valence-electron chi connectivity index (χ3n) is 21.6. The number of para-hydroxylation sites is 3. The number of amides is 10. The zero-order valence-electron chi connectivity index (χ0n) is 70.7. The molecule has 10 amide bonds. The van der Waals surface area contributed by atoms with E-state index in [9.17, 15) is 62.3 Å². The molecule has 9 aromatic carbocycles. The lowest BCUT2D eigenvalue weighted by Gasteiger charge is -2.39. The van der Waals surface area contributed by atoms with Gasteiger partial charge in [0.05, 0.1) is 100.0 Å². The van der Waals surface area contributed by atoms with Gasteiger partial charge in [0.2, 0.25) is 0 Å². The van der Waals surface area contributed by atoms with E-state index in [-0.39, 0.29) is 55.0 Å². The van der Waals surface area contributed by atoms with Crippen molar-refractivity contribution in [1.29, 1.82) is 0 Å². The standard InChI is InChI=1S/2C33H29N5O5.C32H31N5O6/c1-3-43-32(41)23-11-7-12-24(19-23)36-33(42)37-27-14-8-13-25-26(20-35-29(25)27)30(39)31(40)38-17-15-22(16-18-38)28(34-2)21-9-5-4-6-10-21;1-3-43-32(41)23-12-14-24(15-13-23)36-33(42)37-27-11-7-10-25-26(20-35-29(25)27)30(39)31(40)38-18-16-22(17-19-38)28(34-2)21-8-5-4-6-9-21;1-3-43-31(41)22-12-14-23(15-13-22)34-32(42)35-26-11-7-10-24-25(18-33-27(24)26)28(38)30(40)37-17-16-36(19-20(37)2)29(39)21-8-5-4-6-9-21/h4-14,19-20,35H,3,15-18H2,1H3,(H2,36,37,42);4-15,20,35H,3,16-19H2,1H3,(H2,36,37,42);4-15,18,20,33H,3,16-17,19H2,1-2H3,(H2,34,35,42)/t;;20-/m..1/s1. The molecule has 15 rings (SSSR count). The maximum Gasteiger partial charge on any atom is 0.338 e. The number of carbonyl (C=O) groups is 13. The molecule has 0 radical (unpaired) electrons. The number of ether oxygens (including phenoxy) is 3. The average Bonchev–Trinajstić information content (AvgIpc) is 1.68. The number of anilines is 6. The van der Waals surface area contributed by atoms with E-state index in [1.807, 2.05) is 73.7 Å². The van der Waals surface area contributed by atoms with Crippen LogP contribution in [0.3, 0.4) is 0 Å². The van der Waals surface area contributed by atoms with Gasteiger partial charge < -0.3 is 80.7 Å². The topological polar surface area (TPSA) is 391 Å². The van der Waals surface area contributed by atoms with Gasteiger partial charge in [0.15, 0.2) is 11.4 Å². The van der Waals surface area contributed by atoms with Crippen LogP contribution in [0.2, 0.25) is 0 Å². The third kappa shape index (κ3) is 21.5. The van der Waals surface area contributed by atoms with Crippen LogP contribution in [0, 0.1) is 13.1 Å². The van der Waals surface area contributed by atoms with Crippen molar-refractivity contribution in [2.75, 3.05) is 97.5 Å². The van der Waals surface area contributed by atoms with Crippen LogP contribution in [0.15, 0.2) is 248 Å². The largest absolute Gasteiger partial charge is 0.462 e. The number of Topliss-reactive ketones (excluding diaryl/α,β-unsaturated/α-hetero) is 3. The van der Waals surface area contributed by atoms with Gasteiger partial charge in [0.1, 0.15) is 0 Å². The van der Waals surface area contributed by atoms with Gasteiger partial charge in [-0.15, -0.1) is 0 Å². The number of H-pyrrole nitrogens is 3. The Morgan fingerprint density at radius 3 is 1.06 bits per heavy atom. The van der Waals surface area contributed by atoms with Crippen molar-refractivity contribution in [2.24, 2.45) is 0 Å². The van der Waals surface area contributed by atoms with Gasteiger partial charge in [0.25, 0.3) is 41.0 Å². The number of aromatic amines is 3. The summed E-state index contributed by atoms with van der Waals surface area (Å²) < 4.78 is 14.9. The van der Waals surface area contributed by atoms with E-state index >= 15 is 0 Å². The predicted octanol–water partition coefficient (Wildman–Crippen LogP) is 16.8. The fourth-order valence-corrected chi connectivity index (χ4v) is 15.2. The second-order valence-corrected chi connectivity index (χ2v) is 29.8. The van der Waals surface area contributed by atoms with Gasteiger partial charge in [0, 0.05) is 109 Å². The van der Waals surface area contributed by atoms with E-state index in [1.165, 1.54) is 39.4 Å². The van der Waals surface area contributed by atoms with Crippen LogP contribution < -0.4 is 31.9 Å². The Balaban J connectivity index is 0.000000165. The lowest BCUT2D eigenvalue weighted by atomic mass is 9.97. The monoisotopic (exact) mass is 1730 g/mol. The Bertz CT molecular complexity index is 6440. The van der Waals surface area contributed by atoms with Gasteiger partial charge in [-0.1, -0.05) is 132 Å². The highest BCUT2D eigenvalue weighted by atomic mass is 16.5. The molecule has 3 aliphatic heterocycles. The number of piperazine rings is 1. The fraction of sp³-hybridized carbons (Fsp3) is 0.194. The van der Waals surface area contributed by atoms with Crippen molar-refractivity contribution >= 4 is 155 Å². The van der Waals surface area contributed by atoms with Crippen molar-refractivity contribution in [3.05, 3.63) is 321 Å². The first-order valence-electron chi connectivity index (χ1n) is 41.6. The zero-order chi connectivity index (χ0) is 91.2. The number of hydrogen-bond acceptors (Lipinski definition) is 16. The molecule has 3 saturated heterocycles. The Morgan fingerprint density at radius 1 is 0.357 bits per heavy atom. The minimum atomic E-state index is -0.677. The maximum absolute atomic E-state index is 13.4. The first-order valence-corrected chi connectivity index (χ1v) is 41.6. The fourth-order valence-electron chi connectivity index (χ4n) is 15.2. The van der Waals surface area contributed by atoms with Crippen molar-refractivity contribution in [1.82, 2.24) is 34.6 Å². The summed E-state index contributed by atoms with van der Waals surface area (Å²) in [5, 5.41) is 17.9. The lowest BCUT2D eigenvalue weighted by molar-refractivity contribution is -0.130. The van der Waals surface area contributed by atoms with E-state index in [2.05, 4.69) is 56.5 Å². The van der Waals surface area contributed by atoms with Crippen molar-refractivity contribution in [3.8, 4) is 0 Å². The van der Waals surface area contributed by atoms with Crippen LogP contribution >= 0.6 is 0 Å². The molecule has 0 spiro atoms. The number of carbonyl (C=O) groups excluding carboxylic acids is 13. The van der Waals surface area contributed by atoms with E-state index in [1.54, 1.807) is 171 Å². The molecule has 12 aromatic rings. The van der Waals surface area contributed by atoms with Gasteiger partial charge in [-0.3, -0.25) is 33.6 Å². The summed E-state index contributed by atoms with van der Waals surface area (Å²) in [4.78, 5) is 189. The van der Waals surface area contributed by atoms with Gasteiger partial charge in [-0.25, -0.2) is 38.5 Å². The summed E-state index contributed by atoms with van der Waals surface area (Å²) in [5.74, 6) is -5.33. The molecule has 6 heterocycles. The normalized spacial score (nSPS) is 13.4. The smallest absolute Gasteiger partial charge is 0.338 e. The molecular formula is C98H89N15O16. The molecule has 0 aliphatic carbocycles. The Hall–Kier alpha value is -16.8. The second kappa shape index (κ2) is 42.0. The molecule has 0 bridgehead atoms. The van der Waals surface area contributed by atoms with Gasteiger partial charge >= 0.3 is 36.0 Å². The highest BCUT2D eigenvalue weighted by molar-refractivity contribution is 6.46. The minimum Gasteiger partial charge on any atom is -0.462 e. The number of fused-ring (bicyclic) bond motifs is 3. The number of piperidine rings is 2. The zero-order valence-corrected chi connectivity index (χ0v) is 70.7. The molecule has 0 unspecified atom stereocenters. The molecule has 3 aliphatic rings. The molecule has 31 heteroatoms. The number of nitrogens with zero attached hydrogens (tertiary/aromatic N) is 6. The maximum atomic E-state index is 13.4. The Kier molecular flexibility index (Phi) is 29.3. The van der Waals surface area contributed by atoms with Crippen molar-refractivity contribution < 1.29 is 76.5 Å². The molecule has 652 valence electrons. The Morgan fingerprint density at radius 2 is 0.698 bits per heavy atom. The van der Waals surface area contributed by atoms with E-state index < -0.39 is 71.1 Å². The van der Waals surface area contributed by atoms with Crippen molar-refractivity contribution in [2.45, 2.75) is 59.4 Å². The summed E-state index contributed by atoms with van der Waals surface area (Å²) in [7, 11) is 0. The summed E-state index contributed by atoms with van der Waals surface area (Å²) >= 11 is 0. The van der Waals surface area contributed by atoms with Crippen LogP contribution in [0.5, 0.6) is 0 Å². The molecule has 31 nitrogen and oxygen atoms in total. The van der Waals surface area contributed by atoms with Crippen molar-refractivity contribution in [3.63, 3.8) is 0 Å². The van der Waals surface area contributed by atoms with E-state index in [0.717, 1.165) is 22.3 Å². The molecule has 9 N–H and O–H groups in total. The van der Waals surface area contributed by atoms with Crippen LogP contribution in [0.4, 0.5) is 48.5 Å². The summed E-state index contributed by atoms with van der Waals surface area (Å²) in [6.07, 6.45) is 6.49. The molecular weight excluding hydrogens is 1640 g/mol. The molecule has 3 fully saturated rings. The predicted molar refractivity (Wildman–Crippen MR) is 488 cm³/mol. The quantitative estimate of drug-likeness (QED) is 0.0106. The average molecular weight is 1730 g/mol. The number of esters is 3.